The van der Waals surface area contributed by atoms with E-state index in [2.05, 4.69) is 53.6 Å². The minimum atomic E-state index is -0.461. The third-order valence-corrected chi connectivity index (χ3v) is 11.4. The van der Waals surface area contributed by atoms with Crippen molar-refractivity contribution < 1.29 is 28.4 Å². The first-order valence-corrected chi connectivity index (χ1v) is 20.7. The first-order chi connectivity index (χ1) is 29.0. The van der Waals surface area contributed by atoms with Crippen molar-refractivity contribution in [1.82, 2.24) is 20.4 Å². The highest BCUT2D eigenvalue weighted by Crippen LogP contribution is 2.31. The summed E-state index contributed by atoms with van der Waals surface area (Å²) in [6.45, 7) is 6.34. The molecular weight excluding hydrogens is 776 g/mol. The molecule has 0 spiro atoms. The molecule has 2 saturated heterocycles. The third-order valence-electron chi connectivity index (χ3n) is 10.6. The Morgan fingerprint density at radius 3 is 2.22 bits per heavy atom. The number of nitrogens with one attached hydrogen (secondary N) is 2. The van der Waals surface area contributed by atoms with Crippen LogP contribution >= 0.6 is 11.8 Å². The molecule has 2 aliphatic heterocycles. The van der Waals surface area contributed by atoms with Gasteiger partial charge in [0.2, 0.25) is 5.91 Å². The fourth-order valence-corrected chi connectivity index (χ4v) is 8.37. The summed E-state index contributed by atoms with van der Waals surface area (Å²) in [5, 5.41) is 4.85. The zero-order chi connectivity index (χ0) is 42.2. The predicted molar refractivity (Wildman–Crippen MR) is 234 cm³/mol. The molecule has 11 heteroatoms. The number of carbonyl (C=O) groups is 5. The van der Waals surface area contributed by atoms with Gasteiger partial charge in [-0.05, 0) is 94.4 Å². The van der Waals surface area contributed by atoms with Crippen LogP contribution in [0, 0.1) is 11.7 Å². The first-order valence-electron chi connectivity index (χ1n) is 19.9. The molecule has 7 rings (SSSR count). The van der Waals surface area contributed by atoms with Crippen LogP contribution in [0.15, 0.2) is 138 Å². The molecule has 60 heavy (non-hydrogen) atoms. The number of ketones is 1. The van der Waals surface area contributed by atoms with Gasteiger partial charge in [0.15, 0.2) is 5.78 Å². The van der Waals surface area contributed by atoms with E-state index < -0.39 is 23.0 Å². The summed E-state index contributed by atoms with van der Waals surface area (Å²) in [4.78, 5) is 69.7. The number of carbonyl (C=O) groups excluding carboxylic acids is 5. The normalized spacial score (nSPS) is 17.2. The minimum Gasteiger partial charge on any atom is -0.350 e. The number of hydrogen-bond acceptors (Lipinski definition) is 7. The van der Waals surface area contributed by atoms with Crippen molar-refractivity contribution in [2.75, 3.05) is 19.6 Å². The molecule has 0 saturated carbocycles. The van der Waals surface area contributed by atoms with Gasteiger partial charge in [-0.2, -0.15) is 0 Å². The number of nitrogens with zero attached hydrogens (tertiary/aromatic N) is 2. The summed E-state index contributed by atoms with van der Waals surface area (Å²) in [6, 6.07) is 37.4. The van der Waals surface area contributed by atoms with Crippen LogP contribution < -0.4 is 10.6 Å². The molecule has 2 aliphatic rings. The molecule has 0 bridgehead atoms. The summed E-state index contributed by atoms with van der Waals surface area (Å²) in [5.74, 6) is -1.60. The van der Waals surface area contributed by atoms with E-state index in [-0.39, 0.29) is 46.9 Å². The van der Waals surface area contributed by atoms with E-state index in [0.29, 0.717) is 30.3 Å². The lowest BCUT2D eigenvalue weighted by atomic mass is 9.97. The summed E-state index contributed by atoms with van der Waals surface area (Å²) in [5.41, 5.74) is 5.67. The molecule has 9 nitrogen and oxygen atoms in total. The quantitative estimate of drug-likeness (QED) is 0.0852. The summed E-state index contributed by atoms with van der Waals surface area (Å²) >= 11 is 0.849. The second kappa shape index (κ2) is 19.1. The van der Waals surface area contributed by atoms with Gasteiger partial charge in [-0.1, -0.05) is 111 Å². The lowest BCUT2D eigenvalue weighted by Gasteiger charge is -2.31. The van der Waals surface area contributed by atoms with E-state index in [1.54, 1.807) is 65.6 Å². The van der Waals surface area contributed by atoms with Crippen molar-refractivity contribution in [1.29, 1.82) is 0 Å². The van der Waals surface area contributed by atoms with E-state index in [0.717, 1.165) is 40.6 Å². The smallest absolute Gasteiger partial charge is 0.290 e. The maximum atomic E-state index is 14.7. The van der Waals surface area contributed by atoms with Crippen LogP contribution in [0.25, 0.3) is 23.3 Å². The molecule has 0 aromatic heterocycles. The van der Waals surface area contributed by atoms with Gasteiger partial charge in [-0.15, -0.1) is 0 Å². The Labute approximate surface area is 353 Å². The molecule has 2 heterocycles. The molecular formula is C49H45FN4O5S. The Balaban J connectivity index is 1.12. The number of hydrogen-bond donors (Lipinski definition) is 2. The van der Waals surface area contributed by atoms with Crippen molar-refractivity contribution in [3.8, 4) is 11.1 Å². The second-order valence-electron chi connectivity index (χ2n) is 15.3. The first kappa shape index (κ1) is 41.7. The van der Waals surface area contributed by atoms with E-state index in [4.69, 9.17) is 0 Å². The van der Waals surface area contributed by atoms with Gasteiger partial charge in [-0.3, -0.25) is 34.2 Å². The molecule has 0 unspecified atom stereocenters. The average molecular weight is 821 g/mol. The Hall–Kier alpha value is -6.43. The van der Waals surface area contributed by atoms with Crippen molar-refractivity contribution in [2.24, 2.45) is 5.92 Å². The molecule has 0 radical (unpaired) electrons. The zero-order valence-corrected chi connectivity index (χ0v) is 34.2. The SMILES string of the molecule is CC(C)CN(Cc1ccccc1-c1ccccc1)[C@@H]1C[C@@H](CNC(=O)/C=C/c2ccc(/C=C3\SC(=O)NC3=O)cc2)N(C(=O)c2ccccc2C(=O)c2ccc(F)cc2)C1. The third kappa shape index (κ3) is 10.2. The Bertz CT molecular complexity index is 2450. The summed E-state index contributed by atoms with van der Waals surface area (Å²) < 4.78 is 13.8. The molecule has 0 aliphatic carbocycles. The molecule has 5 aromatic rings. The molecule has 4 amide bonds. The standard InChI is InChI=1S/C49H45FN4O5S/c1-32(2)29-53(30-37-12-6-7-13-41(37)35-10-4-3-5-11-35)40-27-39(28-51-45(55)25-20-33-16-18-34(19-17-33)26-44-47(57)52-49(59)60-44)54(31-40)48(58)43-15-9-8-14-42(43)46(56)36-21-23-38(50)24-22-36/h3-26,32,39-40H,27-31H2,1-2H3,(H,51,55)(H,52,57,59)/b25-20+,44-26-/t39-,40+/m0/s1. The number of amides is 4. The fourth-order valence-electron chi connectivity index (χ4n) is 7.69. The largest absolute Gasteiger partial charge is 0.350 e. The van der Waals surface area contributed by atoms with Crippen LogP contribution in [-0.4, -0.2) is 70.3 Å². The minimum absolute atomic E-state index is 0.0575. The highest BCUT2D eigenvalue weighted by molar-refractivity contribution is 8.18. The van der Waals surface area contributed by atoms with Crippen LogP contribution in [0.2, 0.25) is 0 Å². The maximum Gasteiger partial charge on any atom is 0.290 e. The van der Waals surface area contributed by atoms with Crippen LogP contribution in [-0.2, 0) is 16.1 Å². The number of benzene rings is 5. The fraction of sp³-hybridized carbons (Fsp3) is 0.204. The molecule has 2 N–H and O–H groups in total. The predicted octanol–water partition coefficient (Wildman–Crippen LogP) is 8.62. The maximum absolute atomic E-state index is 14.7. The lowest BCUT2D eigenvalue weighted by Crippen LogP contribution is -2.43. The second-order valence-corrected chi connectivity index (χ2v) is 16.3. The lowest BCUT2D eigenvalue weighted by molar-refractivity contribution is -0.117. The molecule has 2 atom stereocenters. The molecule has 5 aromatic carbocycles. The van der Waals surface area contributed by atoms with Gasteiger partial charge in [0.05, 0.1) is 16.5 Å². The van der Waals surface area contributed by atoms with Crippen LogP contribution in [0.5, 0.6) is 0 Å². The van der Waals surface area contributed by atoms with E-state index in [9.17, 15) is 28.4 Å². The number of likely N-dealkylation sites (tertiary alicyclic amines) is 1. The van der Waals surface area contributed by atoms with E-state index in [1.165, 1.54) is 35.9 Å². The van der Waals surface area contributed by atoms with Gasteiger partial charge in [-0.25, -0.2) is 4.39 Å². The van der Waals surface area contributed by atoms with Crippen molar-refractivity contribution in [2.45, 2.75) is 38.9 Å². The number of thioether (sulfide) groups is 1. The topological polar surface area (TPSA) is 116 Å². The molecule has 304 valence electrons. The van der Waals surface area contributed by atoms with Crippen molar-refractivity contribution in [3.63, 3.8) is 0 Å². The van der Waals surface area contributed by atoms with Crippen LogP contribution in [0.3, 0.4) is 0 Å². The van der Waals surface area contributed by atoms with Crippen molar-refractivity contribution >= 4 is 52.7 Å². The van der Waals surface area contributed by atoms with Crippen LogP contribution in [0.1, 0.15) is 63.2 Å². The van der Waals surface area contributed by atoms with Crippen molar-refractivity contribution in [3.05, 3.63) is 178 Å². The van der Waals surface area contributed by atoms with Gasteiger partial charge >= 0.3 is 0 Å². The average Bonchev–Trinajstić information content (AvgIpc) is 3.83. The zero-order valence-electron chi connectivity index (χ0n) is 33.3. The van der Waals surface area contributed by atoms with E-state index in [1.807, 2.05) is 30.3 Å². The van der Waals surface area contributed by atoms with Gasteiger partial charge in [0.25, 0.3) is 17.1 Å². The monoisotopic (exact) mass is 820 g/mol. The van der Waals surface area contributed by atoms with E-state index >= 15 is 0 Å². The van der Waals surface area contributed by atoms with Crippen LogP contribution in [0.4, 0.5) is 9.18 Å². The Kier molecular flexibility index (Phi) is 13.3. The highest BCUT2D eigenvalue weighted by Gasteiger charge is 2.39. The van der Waals surface area contributed by atoms with Gasteiger partial charge < -0.3 is 10.2 Å². The Morgan fingerprint density at radius 1 is 0.850 bits per heavy atom. The number of imide groups is 1. The van der Waals surface area contributed by atoms with Gasteiger partial charge in [0, 0.05) is 49.4 Å². The Morgan fingerprint density at radius 2 is 1.52 bits per heavy atom. The summed E-state index contributed by atoms with van der Waals surface area (Å²) in [6.07, 6.45) is 5.34. The number of halogens is 1. The molecule has 2 fully saturated rings. The van der Waals surface area contributed by atoms with Gasteiger partial charge in [0.1, 0.15) is 5.82 Å². The summed E-state index contributed by atoms with van der Waals surface area (Å²) in [7, 11) is 0. The number of rotatable bonds is 14. The highest BCUT2D eigenvalue weighted by atomic mass is 32.2.